The standard InChI is InChI=1S/C15H22BrNO2/c1-10(2)17(9-12(4)18)15(19)8-13-5-6-14(16)7-11(13)3/h5-7,10,12,18H,8-9H2,1-4H3. The lowest BCUT2D eigenvalue weighted by Gasteiger charge is -2.28. The molecule has 0 aromatic heterocycles. The number of amides is 1. The lowest BCUT2D eigenvalue weighted by atomic mass is 10.0. The van der Waals surface area contributed by atoms with Gasteiger partial charge in [-0.2, -0.15) is 0 Å². The van der Waals surface area contributed by atoms with E-state index in [4.69, 9.17) is 0 Å². The number of carbonyl (C=O) groups excluding carboxylic acids is 1. The molecule has 4 heteroatoms. The van der Waals surface area contributed by atoms with Crippen molar-refractivity contribution in [3.8, 4) is 0 Å². The van der Waals surface area contributed by atoms with Gasteiger partial charge in [0.25, 0.3) is 0 Å². The van der Waals surface area contributed by atoms with Gasteiger partial charge in [0.05, 0.1) is 12.5 Å². The van der Waals surface area contributed by atoms with Crippen LogP contribution in [0.2, 0.25) is 0 Å². The largest absolute Gasteiger partial charge is 0.392 e. The van der Waals surface area contributed by atoms with Gasteiger partial charge in [-0.05, 0) is 51.0 Å². The van der Waals surface area contributed by atoms with Gasteiger partial charge in [0.2, 0.25) is 5.91 Å². The summed E-state index contributed by atoms with van der Waals surface area (Å²) in [4.78, 5) is 14.1. The Labute approximate surface area is 123 Å². The minimum absolute atomic E-state index is 0.0568. The third-order valence-electron chi connectivity index (χ3n) is 3.05. The molecule has 1 rings (SSSR count). The third-order valence-corrected chi connectivity index (χ3v) is 3.54. The van der Waals surface area contributed by atoms with Crippen LogP contribution in [0, 0.1) is 6.92 Å². The molecule has 0 saturated carbocycles. The number of aliphatic hydroxyl groups excluding tert-OH is 1. The number of hydrogen-bond acceptors (Lipinski definition) is 2. The normalized spacial score (nSPS) is 12.6. The number of aliphatic hydroxyl groups is 1. The van der Waals surface area contributed by atoms with E-state index >= 15 is 0 Å². The maximum absolute atomic E-state index is 12.3. The van der Waals surface area contributed by atoms with Gasteiger partial charge in [0.1, 0.15) is 0 Å². The topological polar surface area (TPSA) is 40.5 Å². The first-order valence-corrected chi connectivity index (χ1v) is 7.33. The highest BCUT2D eigenvalue weighted by Gasteiger charge is 2.19. The van der Waals surface area contributed by atoms with Gasteiger partial charge in [0.15, 0.2) is 0 Å². The SMILES string of the molecule is Cc1cc(Br)ccc1CC(=O)N(CC(C)O)C(C)C. The Morgan fingerprint density at radius 2 is 2.00 bits per heavy atom. The fraction of sp³-hybridized carbons (Fsp3) is 0.533. The molecule has 0 bridgehead atoms. The van der Waals surface area contributed by atoms with Crippen molar-refractivity contribution in [3.05, 3.63) is 33.8 Å². The molecule has 0 saturated heterocycles. The maximum Gasteiger partial charge on any atom is 0.227 e. The van der Waals surface area contributed by atoms with E-state index in [9.17, 15) is 9.90 Å². The summed E-state index contributed by atoms with van der Waals surface area (Å²) < 4.78 is 1.02. The summed E-state index contributed by atoms with van der Waals surface area (Å²) in [5.74, 6) is 0.0568. The van der Waals surface area contributed by atoms with Crippen LogP contribution in [0.4, 0.5) is 0 Å². The summed E-state index contributed by atoms with van der Waals surface area (Å²) in [7, 11) is 0. The smallest absolute Gasteiger partial charge is 0.227 e. The molecule has 1 unspecified atom stereocenters. The zero-order valence-corrected chi connectivity index (χ0v) is 13.6. The molecule has 19 heavy (non-hydrogen) atoms. The van der Waals surface area contributed by atoms with Gasteiger partial charge >= 0.3 is 0 Å². The molecule has 0 aliphatic rings. The van der Waals surface area contributed by atoms with Crippen LogP contribution in [0.25, 0.3) is 0 Å². The summed E-state index contributed by atoms with van der Waals surface area (Å²) in [6.45, 7) is 8.02. The number of nitrogens with zero attached hydrogens (tertiary/aromatic N) is 1. The molecule has 1 aromatic rings. The van der Waals surface area contributed by atoms with Crippen LogP contribution in [-0.4, -0.2) is 34.6 Å². The van der Waals surface area contributed by atoms with E-state index in [-0.39, 0.29) is 11.9 Å². The van der Waals surface area contributed by atoms with Crippen molar-refractivity contribution >= 4 is 21.8 Å². The molecule has 3 nitrogen and oxygen atoms in total. The second kappa shape index (κ2) is 7.06. The van der Waals surface area contributed by atoms with Gasteiger partial charge in [-0.3, -0.25) is 4.79 Å². The summed E-state index contributed by atoms with van der Waals surface area (Å²) in [5.41, 5.74) is 2.13. The zero-order valence-electron chi connectivity index (χ0n) is 12.0. The molecule has 0 aliphatic heterocycles. The predicted molar refractivity (Wildman–Crippen MR) is 81.1 cm³/mol. The first-order chi connectivity index (χ1) is 8.81. The Morgan fingerprint density at radius 1 is 1.37 bits per heavy atom. The number of aryl methyl sites for hydroxylation is 1. The van der Waals surface area contributed by atoms with Crippen LogP contribution in [0.5, 0.6) is 0 Å². The van der Waals surface area contributed by atoms with Crippen molar-refractivity contribution < 1.29 is 9.90 Å². The third kappa shape index (κ3) is 4.96. The summed E-state index contributed by atoms with van der Waals surface area (Å²) in [6.07, 6.45) is -0.123. The van der Waals surface area contributed by atoms with Crippen molar-refractivity contribution in [3.63, 3.8) is 0 Å². The Balaban J connectivity index is 2.81. The molecule has 1 aromatic carbocycles. The monoisotopic (exact) mass is 327 g/mol. The van der Waals surface area contributed by atoms with Crippen molar-refractivity contribution in [1.82, 2.24) is 4.90 Å². The van der Waals surface area contributed by atoms with E-state index in [0.717, 1.165) is 15.6 Å². The van der Waals surface area contributed by atoms with Gasteiger partial charge in [-0.1, -0.05) is 22.0 Å². The number of halogens is 1. The van der Waals surface area contributed by atoms with Crippen LogP contribution in [-0.2, 0) is 11.2 Å². The van der Waals surface area contributed by atoms with E-state index in [2.05, 4.69) is 15.9 Å². The molecular weight excluding hydrogens is 306 g/mol. The highest BCUT2D eigenvalue weighted by molar-refractivity contribution is 9.10. The molecule has 0 fully saturated rings. The molecule has 0 radical (unpaired) electrons. The fourth-order valence-corrected chi connectivity index (χ4v) is 2.48. The molecular formula is C15H22BrNO2. The Hall–Kier alpha value is -0.870. The van der Waals surface area contributed by atoms with Gasteiger partial charge in [-0.25, -0.2) is 0 Å². The van der Waals surface area contributed by atoms with Crippen LogP contribution in [0.3, 0.4) is 0 Å². The van der Waals surface area contributed by atoms with Crippen molar-refractivity contribution in [1.29, 1.82) is 0 Å². The Bertz CT molecular complexity index is 444. The highest BCUT2D eigenvalue weighted by Crippen LogP contribution is 2.17. The summed E-state index contributed by atoms with van der Waals surface area (Å²) in [5, 5.41) is 9.48. The number of benzene rings is 1. The van der Waals surface area contributed by atoms with Gasteiger partial charge in [-0.15, -0.1) is 0 Å². The predicted octanol–water partition coefficient (Wildman–Crippen LogP) is 2.92. The van der Waals surface area contributed by atoms with Crippen molar-refractivity contribution in [2.24, 2.45) is 0 Å². The molecule has 106 valence electrons. The minimum atomic E-state index is -0.502. The van der Waals surface area contributed by atoms with E-state index in [1.807, 2.05) is 39.0 Å². The molecule has 1 atom stereocenters. The quantitative estimate of drug-likeness (QED) is 0.903. The Morgan fingerprint density at radius 3 is 2.47 bits per heavy atom. The molecule has 0 heterocycles. The maximum atomic E-state index is 12.3. The minimum Gasteiger partial charge on any atom is -0.392 e. The second-order valence-electron chi connectivity index (χ2n) is 5.24. The fourth-order valence-electron chi connectivity index (χ4n) is 2.01. The van der Waals surface area contributed by atoms with Crippen LogP contribution < -0.4 is 0 Å². The summed E-state index contributed by atoms with van der Waals surface area (Å²) in [6, 6.07) is 6.02. The van der Waals surface area contributed by atoms with Crippen molar-refractivity contribution in [2.45, 2.75) is 46.3 Å². The lowest BCUT2D eigenvalue weighted by Crippen LogP contribution is -2.42. The molecule has 1 N–H and O–H groups in total. The average molecular weight is 328 g/mol. The zero-order chi connectivity index (χ0) is 14.6. The van der Waals surface area contributed by atoms with E-state index in [1.54, 1.807) is 11.8 Å². The number of rotatable bonds is 5. The first-order valence-electron chi connectivity index (χ1n) is 6.53. The Kier molecular flexibility index (Phi) is 6.01. The van der Waals surface area contributed by atoms with Crippen LogP contribution in [0.15, 0.2) is 22.7 Å². The van der Waals surface area contributed by atoms with E-state index < -0.39 is 6.10 Å². The molecule has 1 amide bonds. The molecule has 0 aliphatic carbocycles. The number of carbonyl (C=O) groups is 1. The number of hydrogen-bond donors (Lipinski definition) is 1. The van der Waals surface area contributed by atoms with Crippen LogP contribution in [0.1, 0.15) is 31.9 Å². The summed E-state index contributed by atoms with van der Waals surface area (Å²) >= 11 is 3.42. The highest BCUT2D eigenvalue weighted by atomic mass is 79.9. The van der Waals surface area contributed by atoms with Gasteiger partial charge < -0.3 is 10.0 Å². The second-order valence-corrected chi connectivity index (χ2v) is 6.15. The lowest BCUT2D eigenvalue weighted by molar-refractivity contribution is -0.133. The van der Waals surface area contributed by atoms with E-state index in [1.165, 1.54) is 0 Å². The van der Waals surface area contributed by atoms with Gasteiger partial charge in [0, 0.05) is 17.1 Å². The average Bonchev–Trinajstić information content (AvgIpc) is 2.29. The first kappa shape index (κ1) is 16.2. The van der Waals surface area contributed by atoms with Crippen molar-refractivity contribution in [2.75, 3.05) is 6.54 Å². The molecule has 0 spiro atoms. The van der Waals surface area contributed by atoms with E-state index in [0.29, 0.717) is 13.0 Å². The van der Waals surface area contributed by atoms with Crippen LogP contribution >= 0.6 is 15.9 Å².